The summed E-state index contributed by atoms with van der Waals surface area (Å²) in [6.45, 7) is 1.54. The van der Waals surface area contributed by atoms with Gasteiger partial charge >= 0.3 is 5.97 Å². The lowest BCUT2D eigenvalue weighted by Crippen LogP contribution is -2.38. The van der Waals surface area contributed by atoms with Crippen LogP contribution in [0.3, 0.4) is 0 Å². The molecule has 0 aliphatic heterocycles. The minimum Gasteiger partial charge on any atom is -0.493 e. The molecule has 0 unspecified atom stereocenters. The topological polar surface area (TPSA) is 73.9 Å². The van der Waals surface area contributed by atoms with Crippen LogP contribution in [-0.4, -0.2) is 32.2 Å². The van der Waals surface area contributed by atoms with Gasteiger partial charge in [-0.2, -0.15) is 0 Å². The molecule has 0 aromatic heterocycles. The first-order valence-electron chi connectivity index (χ1n) is 9.86. The monoisotopic (exact) mass is 419 g/mol. The summed E-state index contributed by atoms with van der Waals surface area (Å²) in [5.74, 6) is -0.119. The van der Waals surface area contributed by atoms with Crippen LogP contribution in [0, 0.1) is 0 Å². The number of nitrogens with one attached hydrogen (secondary N) is 1. The number of hydrogen-bond donors (Lipinski definition) is 1. The summed E-state index contributed by atoms with van der Waals surface area (Å²) in [4.78, 5) is 25.4. The quantitative estimate of drug-likeness (QED) is 0.555. The Morgan fingerprint density at radius 1 is 0.774 bits per heavy atom. The molecule has 0 fully saturated rings. The van der Waals surface area contributed by atoms with Crippen molar-refractivity contribution in [1.82, 2.24) is 5.32 Å². The van der Waals surface area contributed by atoms with Crippen LogP contribution in [0.2, 0.25) is 0 Å². The molecule has 1 N–H and O–H groups in total. The smallest absolute Gasteiger partial charge is 0.339 e. The molecule has 0 saturated heterocycles. The van der Waals surface area contributed by atoms with Gasteiger partial charge in [0.05, 0.1) is 25.8 Å². The summed E-state index contributed by atoms with van der Waals surface area (Å²) >= 11 is 0. The lowest BCUT2D eigenvalue weighted by atomic mass is 9.98. The Kier molecular flexibility index (Phi) is 7.27. The summed E-state index contributed by atoms with van der Waals surface area (Å²) in [6.07, 6.45) is -0.990. The maximum Gasteiger partial charge on any atom is 0.339 e. The molecule has 0 aliphatic carbocycles. The Bertz CT molecular complexity index is 981. The molecule has 0 radical (unpaired) electrons. The van der Waals surface area contributed by atoms with Gasteiger partial charge in [0.25, 0.3) is 5.91 Å². The number of amides is 1. The number of esters is 1. The van der Waals surface area contributed by atoms with Gasteiger partial charge < -0.3 is 19.5 Å². The molecular formula is C25H25NO5. The van der Waals surface area contributed by atoms with E-state index in [4.69, 9.17) is 14.2 Å². The van der Waals surface area contributed by atoms with E-state index in [2.05, 4.69) is 5.32 Å². The van der Waals surface area contributed by atoms with Gasteiger partial charge in [0.15, 0.2) is 17.6 Å². The van der Waals surface area contributed by atoms with E-state index in [9.17, 15) is 9.59 Å². The molecule has 160 valence electrons. The maximum absolute atomic E-state index is 12.9. The van der Waals surface area contributed by atoms with E-state index in [-0.39, 0.29) is 11.6 Å². The number of ether oxygens (including phenoxy) is 3. The SMILES string of the molecule is COc1ccc(C(=O)O[C@@H](C)C(=O)NC(c2ccccc2)c2ccccc2)cc1OC. The number of carbonyl (C=O) groups is 2. The fraction of sp³-hybridized carbons (Fsp3) is 0.200. The third kappa shape index (κ3) is 5.42. The first-order chi connectivity index (χ1) is 15.0. The van der Waals surface area contributed by atoms with E-state index in [1.54, 1.807) is 19.1 Å². The van der Waals surface area contributed by atoms with E-state index in [1.807, 2.05) is 60.7 Å². The van der Waals surface area contributed by atoms with Crippen molar-refractivity contribution in [3.63, 3.8) is 0 Å². The Morgan fingerprint density at radius 3 is 1.84 bits per heavy atom. The Hall–Kier alpha value is -3.80. The van der Waals surface area contributed by atoms with Crippen LogP contribution in [0.4, 0.5) is 0 Å². The zero-order valence-corrected chi connectivity index (χ0v) is 17.7. The van der Waals surface area contributed by atoms with E-state index in [1.165, 1.54) is 20.3 Å². The highest BCUT2D eigenvalue weighted by atomic mass is 16.5. The second kappa shape index (κ2) is 10.3. The highest BCUT2D eigenvalue weighted by Crippen LogP contribution is 2.28. The minimum atomic E-state index is -0.990. The summed E-state index contributed by atoms with van der Waals surface area (Å²) in [7, 11) is 2.99. The van der Waals surface area contributed by atoms with Crippen molar-refractivity contribution in [3.05, 3.63) is 95.6 Å². The summed E-state index contributed by atoms with van der Waals surface area (Å²) in [6, 6.07) is 23.6. The average Bonchev–Trinajstić information content (AvgIpc) is 2.82. The van der Waals surface area contributed by atoms with Crippen molar-refractivity contribution in [2.45, 2.75) is 19.1 Å². The molecule has 0 heterocycles. The zero-order valence-electron chi connectivity index (χ0n) is 17.7. The summed E-state index contributed by atoms with van der Waals surface area (Å²) in [5, 5.41) is 2.99. The molecule has 3 aromatic rings. The Morgan fingerprint density at radius 2 is 1.32 bits per heavy atom. The van der Waals surface area contributed by atoms with Crippen LogP contribution in [0.15, 0.2) is 78.9 Å². The molecule has 6 heteroatoms. The second-order valence-corrected chi connectivity index (χ2v) is 6.88. The van der Waals surface area contributed by atoms with E-state index in [0.29, 0.717) is 11.5 Å². The van der Waals surface area contributed by atoms with Crippen molar-refractivity contribution in [2.75, 3.05) is 14.2 Å². The Labute approximate surface area is 181 Å². The van der Waals surface area contributed by atoms with Crippen LogP contribution in [0.1, 0.15) is 34.5 Å². The predicted octanol–water partition coefficient (Wildman–Crippen LogP) is 4.15. The fourth-order valence-electron chi connectivity index (χ4n) is 3.16. The number of benzene rings is 3. The summed E-state index contributed by atoms with van der Waals surface area (Å²) in [5.41, 5.74) is 2.13. The van der Waals surface area contributed by atoms with Gasteiger partial charge in [-0.05, 0) is 36.2 Å². The third-order valence-corrected chi connectivity index (χ3v) is 4.82. The van der Waals surface area contributed by atoms with Crippen LogP contribution >= 0.6 is 0 Å². The summed E-state index contributed by atoms with van der Waals surface area (Å²) < 4.78 is 15.8. The van der Waals surface area contributed by atoms with Crippen LogP contribution in [0.5, 0.6) is 11.5 Å². The number of methoxy groups -OCH3 is 2. The van der Waals surface area contributed by atoms with Crippen LogP contribution < -0.4 is 14.8 Å². The molecule has 3 rings (SSSR count). The van der Waals surface area contributed by atoms with Crippen LogP contribution in [0.25, 0.3) is 0 Å². The molecule has 0 spiro atoms. The molecule has 0 saturated carbocycles. The normalized spacial score (nSPS) is 11.5. The number of hydrogen-bond acceptors (Lipinski definition) is 5. The molecule has 31 heavy (non-hydrogen) atoms. The van der Waals surface area contributed by atoms with Crippen molar-refractivity contribution >= 4 is 11.9 Å². The lowest BCUT2D eigenvalue weighted by molar-refractivity contribution is -0.129. The largest absolute Gasteiger partial charge is 0.493 e. The standard InChI is InChI=1S/C25H25NO5/c1-17(31-25(28)20-14-15-21(29-2)22(16-20)30-3)24(27)26-23(18-10-6-4-7-11-18)19-12-8-5-9-13-19/h4-17,23H,1-3H3,(H,26,27)/t17-/m0/s1. The van der Waals surface area contributed by atoms with Gasteiger partial charge in [0.2, 0.25) is 0 Å². The van der Waals surface area contributed by atoms with Gasteiger partial charge in [0, 0.05) is 0 Å². The molecule has 0 aliphatic rings. The van der Waals surface area contributed by atoms with E-state index in [0.717, 1.165) is 11.1 Å². The minimum absolute atomic E-state index is 0.264. The predicted molar refractivity (Wildman–Crippen MR) is 117 cm³/mol. The van der Waals surface area contributed by atoms with Crippen molar-refractivity contribution in [3.8, 4) is 11.5 Å². The highest BCUT2D eigenvalue weighted by Gasteiger charge is 2.24. The third-order valence-electron chi connectivity index (χ3n) is 4.82. The van der Waals surface area contributed by atoms with E-state index < -0.39 is 18.0 Å². The molecule has 1 amide bonds. The number of rotatable bonds is 8. The first-order valence-corrected chi connectivity index (χ1v) is 9.86. The molecule has 1 atom stereocenters. The molecule has 6 nitrogen and oxygen atoms in total. The second-order valence-electron chi connectivity index (χ2n) is 6.88. The van der Waals surface area contributed by atoms with E-state index >= 15 is 0 Å². The van der Waals surface area contributed by atoms with Gasteiger partial charge in [-0.1, -0.05) is 60.7 Å². The average molecular weight is 419 g/mol. The van der Waals surface area contributed by atoms with Crippen LogP contribution in [-0.2, 0) is 9.53 Å². The molecular weight excluding hydrogens is 394 g/mol. The first kappa shape index (κ1) is 21.9. The van der Waals surface area contributed by atoms with Crippen molar-refractivity contribution in [2.24, 2.45) is 0 Å². The number of carbonyl (C=O) groups excluding carboxylic acids is 2. The highest BCUT2D eigenvalue weighted by molar-refractivity contribution is 5.93. The van der Waals surface area contributed by atoms with Crippen molar-refractivity contribution in [1.29, 1.82) is 0 Å². The Balaban J connectivity index is 1.73. The molecule has 0 bridgehead atoms. The lowest BCUT2D eigenvalue weighted by Gasteiger charge is -2.22. The maximum atomic E-state index is 12.9. The van der Waals surface area contributed by atoms with Gasteiger partial charge in [-0.25, -0.2) is 4.79 Å². The van der Waals surface area contributed by atoms with Gasteiger partial charge in [-0.3, -0.25) is 4.79 Å². The molecule has 3 aromatic carbocycles. The van der Waals surface area contributed by atoms with Gasteiger partial charge in [-0.15, -0.1) is 0 Å². The van der Waals surface area contributed by atoms with Gasteiger partial charge in [0.1, 0.15) is 0 Å². The fourth-order valence-corrected chi connectivity index (χ4v) is 3.16. The van der Waals surface area contributed by atoms with Crippen molar-refractivity contribution < 1.29 is 23.8 Å². The zero-order chi connectivity index (χ0) is 22.2.